The highest BCUT2D eigenvalue weighted by Crippen LogP contribution is 2.28. The van der Waals surface area contributed by atoms with Crippen LogP contribution in [0.15, 0.2) is 60.2 Å². The fourth-order valence-corrected chi connectivity index (χ4v) is 2.34. The molecular formula is C19H20O2. The Morgan fingerprint density at radius 1 is 1.00 bits per heavy atom. The van der Waals surface area contributed by atoms with Crippen LogP contribution in [0.2, 0.25) is 0 Å². The molecule has 0 radical (unpaired) electrons. The number of hydrogen-bond acceptors (Lipinski definition) is 1. The van der Waals surface area contributed by atoms with Gasteiger partial charge in [-0.15, -0.1) is 0 Å². The third-order valence-corrected chi connectivity index (χ3v) is 3.59. The maximum absolute atomic E-state index is 11.2. The summed E-state index contributed by atoms with van der Waals surface area (Å²) < 4.78 is 0. The van der Waals surface area contributed by atoms with E-state index in [4.69, 9.17) is 5.11 Å². The molecule has 2 nitrogen and oxygen atoms in total. The van der Waals surface area contributed by atoms with Gasteiger partial charge in [-0.2, -0.15) is 0 Å². The molecule has 2 aromatic rings. The molecule has 0 saturated carbocycles. The molecule has 0 bridgehead atoms. The Bertz CT molecular complexity index is 666. The zero-order chi connectivity index (χ0) is 15.4. The molecule has 1 N–H and O–H groups in total. The first kappa shape index (κ1) is 15.0. The van der Waals surface area contributed by atoms with Crippen molar-refractivity contribution >= 4 is 5.97 Å². The predicted molar refractivity (Wildman–Crippen MR) is 85.6 cm³/mol. The Balaban J connectivity index is 2.51. The summed E-state index contributed by atoms with van der Waals surface area (Å²) in [6, 6.07) is 16.4. The molecular weight excluding hydrogens is 260 g/mol. The monoisotopic (exact) mass is 280 g/mol. The normalized spacial score (nSPS) is 13.0. The van der Waals surface area contributed by atoms with Gasteiger partial charge in [-0.25, -0.2) is 4.79 Å². The minimum atomic E-state index is -0.875. The average Bonchev–Trinajstić information content (AvgIpc) is 2.45. The van der Waals surface area contributed by atoms with Crippen molar-refractivity contribution in [3.8, 4) is 0 Å². The van der Waals surface area contributed by atoms with Gasteiger partial charge in [0.15, 0.2) is 0 Å². The van der Waals surface area contributed by atoms with Crippen LogP contribution in [0.5, 0.6) is 0 Å². The van der Waals surface area contributed by atoms with Crippen LogP contribution in [0.25, 0.3) is 0 Å². The molecule has 108 valence electrons. The Kier molecular flexibility index (Phi) is 4.59. The molecule has 0 amide bonds. The molecule has 0 heterocycles. The summed E-state index contributed by atoms with van der Waals surface area (Å²) >= 11 is 0. The fraction of sp³-hybridized carbons (Fsp3) is 0.211. The molecule has 0 aromatic heterocycles. The first-order valence-corrected chi connectivity index (χ1v) is 7.02. The first-order chi connectivity index (χ1) is 9.97. The molecule has 0 aliphatic rings. The third kappa shape index (κ3) is 3.82. The van der Waals surface area contributed by atoms with Gasteiger partial charge < -0.3 is 5.11 Å². The second kappa shape index (κ2) is 6.40. The quantitative estimate of drug-likeness (QED) is 0.839. The van der Waals surface area contributed by atoms with Gasteiger partial charge in [0.1, 0.15) is 0 Å². The van der Waals surface area contributed by atoms with Gasteiger partial charge >= 0.3 is 5.97 Å². The van der Waals surface area contributed by atoms with E-state index in [1.54, 1.807) is 6.92 Å². The van der Waals surface area contributed by atoms with Crippen LogP contribution in [0.3, 0.4) is 0 Å². The lowest BCUT2D eigenvalue weighted by Gasteiger charge is -2.16. The Labute approximate surface area is 125 Å². The maximum Gasteiger partial charge on any atom is 0.330 e. The van der Waals surface area contributed by atoms with E-state index in [9.17, 15) is 4.79 Å². The Morgan fingerprint density at radius 2 is 1.67 bits per heavy atom. The number of aliphatic carboxylic acids is 1. The highest BCUT2D eigenvalue weighted by molar-refractivity contribution is 5.86. The predicted octanol–water partition coefficient (Wildman–Crippen LogP) is 4.47. The zero-order valence-electron chi connectivity index (χ0n) is 12.6. The number of hydrogen-bond donors (Lipinski definition) is 1. The van der Waals surface area contributed by atoms with E-state index >= 15 is 0 Å². The summed E-state index contributed by atoms with van der Waals surface area (Å²) in [5, 5.41) is 9.16. The molecule has 0 aliphatic carbocycles. The van der Waals surface area contributed by atoms with Crippen LogP contribution in [0, 0.1) is 13.8 Å². The van der Waals surface area contributed by atoms with Crippen molar-refractivity contribution in [2.45, 2.75) is 26.7 Å². The number of benzene rings is 2. The van der Waals surface area contributed by atoms with Crippen LogP contribution in [-0.4, -0.2) is 11.1 Å². The molecule has 2 heteroatoms. The number of rotatable bonds is 4. The average molecular weight is 280 g/mol. The van der Waals surface area contributed by atoms with Gasteiger partial charge in [0.2, 0.25) is 0 Å². The van der Waals surface area contributed by atoms with Crippen LogP contribution >= 0.6 is 0 Å². The molecule has 0 spiro atoms. The van der Waals surface area contributed by atoms with Crippen LogP contribution in [-0.2, 0) is 4.79 Å². The molecule has 2 aromatic carbocycles. The SMILES string of the molecule is C/C(=C\C(c1ccc(C)cc1)c1cccc(C)c1)C(=O)O. The standard InChI is InChI=1S/C19H20O2/c1-13-7-9-16(10-8-13)18(12-15(3)19(20)21)17-6-4-5-14(2)11-17/h4-12,18H,1-3H3,(H,20,21)/b15-12+. The van der Waals surface area contributed by atoms with Gasteiger partial charge in [-0.1, -0.05) is 65.7 Å². The van der Waals surface area contributed by atoms with Crippen molar-refractivity contribution < 1.29 is 9.90 Å². The number of carboxylic acid groups (broad SMARTS) is 1. The lowest BCUT2D eigenvalue weighted by Crippen LogP contribution is -2.03. The number of allylic oxidation sites excluding steroid dienone is 1. The lowest BCUT2D eigenvalue weighted by molar-refractivity contribution is -0.132. The smallest absolute Gasteiger partial charge is 0.330 e. The molecule has 2 rings (SSSR count). The Morgan fingerprint density at radius 3 is 2.24 bits per heavy atom. The van der Waals surface area contributed by atoms with Gasteiger partial charge in [0, 0.05) is 11.5 Å². The van der Waals surface area contributed by atoms with Crippen molar-refractivity contribution in [3.63, 3.8) is 0 Å². The second-order valence-corrected chi connectivity index (χ2v) is 5.46. The van der Waals surface area contributed by atoms with E-state index < -0.39 is 5.97 Å². The van der Waals surface area contributed by atoms with E-state index in [0.29, 0.717) is 5.57 Å². The van der Waals surface area contributed by atoms with E-state index in [2.05, 4.69) is 30.3 Å². The summed E-state index contributed by atoms with van der Waals surface area (Å²) in [4.78, 5) is 11.2. The van der Waals surface area contributed by atoms with Crippen molar-refractivity contribution in [1.82, 2.24) is 0 Å². The van der Waals surface area contributed by atoms with E-state index in [-0.39, 0.29) is 5.92 Å². The summed E-state index contributed by atoms with van der Waals surface area (Å²) in [5.41, 5.74) is 4.94. The summed E-state index contributed by atoms with van der Waals surface area (Å²) in [6.45, 7) is 5.73. The summed E-state index contributed by atoms with van der Waals surface area (Å²) in [5.74, 6) is -0.915. The molecule has 1 atom stereocenters. The highest BCUT2D eigenvalue weighted by atomic mass is 16.4. The van der Waals surface area contributed by atoms with Crippen LogP contribution in [0.4, 0.5) is 0 Å². The van der Waals surface area contributed by atoms with Crippen LogP contribution in [0.1, 0.15) is 35.1 Å². The van der Waals surface area contributed by atoms with E-state index in [0.717, 1.165) is 11.1 Å². The number of aryl methyl sites for hydroxylation is 2. The summed E-state index contributed by atoms with van der Waals surface area (Å²) in [6.07, 6.45) is 1.82. The van der Waals surface area contributed by atoms with Crippen molar-refractivity contribution in [3.05, 3.63) is 82.4 Å². The number of carboxylic acids is 1. The number of carbonyl (C=O) groups is 1. The lowest BCUT2D eigenvalue weighted by atomic mass is 9.88. The topological polar surface area (TPSA) is 37.3 Å². The van der Waals surface area contributed by atoms with Gasteiger partial charge in [-0.05, 0) is 31.9 Å². The summed E-state index contributed by atoms with van der Waals surface area (Å²) in [7, 11) is 0. The van der Waals surface area contributed by atoms with E-state index in [1.807, 2.05) is 38.1 Å². The molecule has 21 heavy (non-hydrogen) atoms. The Hall–Kier alpha value is -2.35. The van der Waals surface area contributed by atoms with Crippen LogP contribution < -0.4 is 0 Å². The van der Waals surface area contributed by atoms with Gasteiger partial charge in [0.25, 0.3) is 0 Å². The second-order valence-electron chi connectivity index (χ2n) is 5.46. The third-order valence-electron chi connectivity index (χ3n) is 3.59. The van der Waals surface area contributed by atoms with Crippen molar-refractivity contribution in [2.24, 2.45) is 0 Å². The fourth-order valence-electron chi connectivity index (χ4n) is 2.34. The minimum absolute atomic E-state index is 0.0402. The molecule has 0 fully saturated rings. The molecule has 0 aliphatic heterocycles. The van der Waals surface area contributed by atoms with Crippen molar-refractivity contribution in [2.75, 3.05) is 0 Å². The van der Waals surface area contributed by atoms with Gasteiger partial charge in [0.05, 0.1) is 0 Å². The molecule has 1 unspecified atom stereocenters. The first-order valence-electron chi connectivity index (χ1n) is 7.02. The highest BCUT2D eigenvalue weighted by Gasteiger charge is 2.14. The van der Waals surface area contributed by atoms with E-state index in [1.165, 1.54) is 11.1 Å². The van der Waals surface area contributed by atoms with Crippen molar-refractivity contribution in [1.29, 1.82) is 0 Å². The largest absolute Gasteiger partial charge is 0.478 e. The molecule has 0 saturated heterocycles. The van der Waals surface area contributed by atoms with Gasteiger partial charge in [-0.3, -0.25) is 0 Å². The minimum Gasteiger partial charge on any atom is -0.478 e. The zero-order valence-corrected chi connectivity index (χ0v) is 12.6. The maximum atomic E-state index is 11.2.